The summed E-state index contributed by atoms with van der Waals surface area (Å²) in [4.78, 5) is 17.4. The van der Waals surface area contributed by atoms with Crippen molar-refractivity contribution >= 4 is 27.8 Å². The van der Waals surface area contributed by atoms with Crippen LogP contribution in [0.15, 0.2) is 28.9 Å². The molecule has 0 aliphatic rings. The molecule has 0 atom stereocenters. The van der Waals surface area contributed by atoms with Gasteiger partial charge in [-0.15, -0.1) is 5.10 Å². The normalized spacial score (nSPS) is 11.4. The first-order chi connectivity index (χ1) is 16.5. The van der Waals surface area contributed by atoms with Crippen molar-refractivity contribution in [3.05, 3.63) is 40.5 Å². The van der Waals surface area contributed by atoms with Crippen LogP contribution in [-0.4, -0.2) is 62.0 Å². The first kappa shape index (κ1) is 26.3. The van der Waals surface area contributed by atoms with Crippen molar-refractivity contribution in [2.24, 2.45) is 0 Å². The maximum Gasteiger partial charge on any atom is 0.410 e. The van der Waals surface area contributed by atoms with Crippen molar-refractivity contribution in [2.75, 3.05) is 25.9 Å². The average molecular weight is 554 g/mol. The number of halogens is 3. The van der Waals surface area contributed by atoms with E-state index in [1.807, 2.05) is 0 Å². The van der Waals surface area contributed by atoms with Crippen molar-refractivity contribution in [3.63, 3.8) is 0 Å². The van der Waals surface area contributed by atoms with E-state index in [2.05, 4.69) is 36.4 Å². The zero-order valence-electron chi connectivity index (χ0n) is 19.8. The summed E-state index contributed by atoms with van der Waals surface area (Å²) in [5.41, 5.74) is 5.46. The standard InChI is InChI=1S/C22H26BrF2N7O3/c1-22(2,3)35-21(33)31(4)9-5-6-10-34-16-8-7-15(17(24)18(16)25)32-20(28-29-30-32)14-11-13(23)12-27-19(14)26/h7-8,11-12H,5-6,9-10H2,1-4H3,(H2,26,27). The highest BCUT2D eigenvalue weighted by molar-refractivity contribution is 9.10. The lowest BCUT2D eigenvalue weighted by atomic mass is 10.2. The topological polar surface area (TPSA) is 121 Å². The number of hydrogen-bond acceptors (Lipinski definition) is 8. The molecule has 0 unspecified atom stereocenters. The Balaban J connectivity index is 1.63. The molecule has 3 rings (SSSR count). The molecule has 35 heavy (non-hydrogen) atoms. The molecule has 13 heteroatoms. The number of carbonyl (C=O) groups excluding carboxylic acids is 1. The summed E-state index contributed by atoms with van der Waals surface area (Å²) in [5.74, 6) is -2.37. The van der Waals surface area contributed by atoms with Gasteiger partial charge in [-0.1, -0.05) is 0 Å². The molecule has 2 N–H and O–H groups in total. The molecule has 10 nitrogen and oxygen atoms in total. The molecule has 188 valence electrons. The van der Waals surface area contributed by atoms with Gasteiger partial charge in [-0.3, -0.25) is 0 Å². The highest BCUT2D eigenvalue weighted by Crippen LogP contribution is 2.30. The molecular weight excluding hydrogens is 528 g/mol. The molecule has 1 aromatic carbocycles. The Bertz CT molecular complexity index is 1200. The zero-order valence-corrected chi connectivity index (χ0v) is 21.3. The number of pyridine rings is 1. The lowest BCUT2D eigenvalue weighted by molar-refractivity contribution is 0.0294. The number of amides is 1. The van der Waals surface area contributed by atoms with Gasteiger partial charge < -0.3 is 20.1 Å². The summed E-state index contributed by atoms with van der Waals surface area (Å²) in [6.07, 6.45) is 2.18. The maximum absolute atomic E-state index is 14.9. The van der Waals surface area contributed by atoms with Gasteiger partial charge in [-0.05, 0) is 78.2 Å². The molecule has 0 spiro atoms. The highest BCUT2D eigenvalue weighted by atomic mass is 79.9. The molecule has 0 saturated heterocycles. The number of ether oxygens (including phenoxy) is 2. The van der Waals surface area contributed by atoms with Crippen molar-refractivity contribution < 1.29 is 23.0 Å². The van der Waals surface area contributed by atoms with E-state index in [1.54, 1.807) is 33.9 Å². The molecule has 3 aromatic rings. The van der Waals surface area contributed by atoms with E-state index >= 15 is 0 Å². The number of aromatic nitrogens is 5. The van der Waals surface area contributed by atoms with Crippen molar-refractivity contribution in [3.8, 4) is 22.8 Å². The minimum atomic E-state index is -1.18. The summed E-state index contributed by atoms with van der Waals surface area (Å²) in [7, 11) is 1.63. The number of nitrogens with two attached hydrogens (primary N) is 1. The van der Waals surface area contributed by atoms with Crippen LogP contribution in [0, 0.1) is 11.6 Å². The fourth-order valence-electron chi connectivity index (χ4n) is 3.01. The highest BCUT2D eigenvalue weighted by Gasteiger charge is 2.22. The van der Waals surface area contributed by atoms with Crippen LogP contribution in [0.1, 0.15) is 33.6 Å². The minimum Gasteiger partial charge on any atom is -0.490 e. The van der Waals surface area contributed by atoms with E-state index < -0.39 is 23.3 Å². The van der Waals surface area contributed by atoms with Crippen molar-refractivity contribution in [1.29, 1.82) is 0 Å². The molecule has 0 aliphatic heterocycles. The van der Waals surface area contributed by atoms with Gasteiger partial charge in [0.2, 0.25) is 5.82 Å². The van der Waals surface area contributed by atoms with E-state index in [4.69, 9.17) is 15.2 Å². The smallest absolute Gasteiger partial charge is 0.410 e. The molecule has 0 aliphatic carbocycles. The van der Waals surface area contributed by atoms with Crippen LogP contribution in [0.5, 0.6) is 5.75 Å². The number of tetrazole rings is 1. The Kier molecular flexibility index (Phi) is 8.20. The van der Waals surface area contributed by atoms with Crippen LogP contribution in [0.4, 0.5) is 19.4 Å². The van der Waals surface area contributed by atoms with Crippen LogP contribution in [-0.2, 0) is 4.74 Å². The third-order valence-electron chi connectivity index (χ3n) is 4.70. The summed E-state index contributed by atoms with van der Waals surface area (Å²) in [6, 6.07) is 4.23. The van der Waals surface area contributed by atoms with Gasteiger partial charge >= 0.3 is 6.09 Å². The molecule has 1 amide bonds. The third kappa shape index (κ3) is 6.62. The van der Waals surface area contributed by atoms with E-state index in [1.165, 1.54) is 23.2 Å². The lowest BCUT2D eigenvalue weighted by Gasteiger charge is -2.24. The van der Waals surface area contributed by atoms with Gasteiger partial charge in [0.1, 0.15) is 17.1 Å². The van der Waals surface area contributed by atoms with Gasteiger partial charge in [-0.25, -0.2) is 14.2 Å². The monoisotopic (exact) mass is 553 g/mol. The Labute approximate surface area is 209 Å². The summed E-state index contributed by atoms with van der Waals surface area (Å²) >= 11 is 3.29. The molecule has 0 fully saturated rings. The average Bonchev–Trinajstić information content (AvgIpc) is 3.26. The molecular formula is C22H26BrF2N7O3. The SMILES string of the molecule is CN(CCCCOc1ccc(-n2nnnc2-c2cc(Br)cnc2N)c(F)c1F)C(=O)OC(C)(C)C. The summed E-state index contributed by atoms with van der Waals surface area (Å²) in [5, 5.41) is 11.2. The molecule has 2 heterocycles. The van der Waals surface area contributed by atoms with Crippen molar-refractivity contribution in [2.45, 2.75) is 39.2 Å². The van der Waals surface area contributed by atoms with E-state index in [9.17, 15) is 13.6 Å². The number of unbranched alkanes of at least 4 members (excludes halogenated alkanes) is 1. The largest absolute Gasteiger partial charge is 0.490 e. The van der Waals surface area contributed by atoms with Crippen LogP contribution in [0.2, 0.25) is 0 Å². The predicted octanol–water partition coefficient (Wildman–Crippen LogP) is 4.37. The number of nitrogens with zero attached hydrogens (tertiary/aromatic N) is 6. The Morgan fingerprint density at radius 1 is 1.23 bits per heavy atom. The first-order valence-electron chi connectivity index (χ1n) is 10.7. The van der Waals surface area contributed by atoms with Crippen LogP contribution >= 0.6 is 15.9 Å². The molecule has 2 aromatic heterocycles. The Morgan fingerprint density at radius 3 is 2.69 bits per heavy atom. The maximum atomic E-state index is 14.9. The predicted molar refractivity (Wildman–Crippen MR) is 128 cm³/mol. The molecule has 0 bridgehead atoms. The lowest BCUT2D eigenvalue weighted by Crippen LogP contribution is -2.34. The van der Waals surface area contributed by atoms with Gasteiger partial charge in [0.15, 0.2) is 17.4 Å². The number of nitrogen functional groups attached to an aromatic ring is 1. The van der Waals surface area contributed by atoms with Crippen LogP contribution in [0.3, 0.4) is 0 Å². The van der Waals surface area contributed by atoms with Gasteiger partial charge in [0.25, 0.3) is 0 Å². The zero-order chi connectivity index (χ0) is 25.8. The van der Waals surface area contributed by atoms with E-state index in [0.717, 1.165) is 4.68 Å². The number of rotatable bonds is 8. The van der Waals surface area contributed by atoms with Crippen LogP contribution in [0.25, 0.3) is 17.1 Å². The van der Waals surface area contributed by atoms with E-state index in [-0.39, 0.29) is 29.7 Å². The number of carbonyl (C=O) groups is 1. The van der Waals surface area contributed by atoms with E-state index in [0.29, 0.717) is 29.4 Å². The Hall–Kier alpha value is -3.35. The molecule has 0 radical (unpaired) electrons. The second kappa shape index (κ2) is 10.9. The quantitative estimate of drug-likeness (QED) is 0.408. The summed E-state index contributed by atoms with van der Waals surface area (Å²) < 4.78 is 42.0. The summed E-state index contributed by atoms with van der Waals surface area (Å²) in [6.45, 7) is 5.94. The number of benzene rings is 1. The van der Waals surface area contributed by atoms with Crippen LogP contribution < -0.4 is 10.5 Å². The number of hydrogen-bond donors (Lipinski definition) is 1. The minimum absolute atomic E-state index is 0.0948. The van der Waals surface area contributed by atoms with Gasteiger partial charge in [0, 0.05) is 24.3 Å². The third-order valence-corrected chi connectivity index (χ3v) is 5.13. The fraction of sp³-hybridized carbons (Fsp3) is 0.409. The molecule has 0 saturated carbocycles. The Morgan fingerprint density at radius 2 is 1.97 bits per heavy atom. The van der Waals surface area contributed by atoms with Gasteiger partial charge in [-0.2, -0.15) is 9.07 Å². The second-order valence-corrected chi connectivity index (χ2v) is 9.58. The van der Waals surface area contributed by atoms with Crippen molar-refractivity contribution in [1.82, 2.24) is 30.1 Å². The first-order valence-corrected chi connectivity index (χ1v) is 11.5. The van der Waals surface area contributed by atoms with Gasteiger partial charge in [0.05, 0.1) is 12.2 Å². The fourth-order valence-corrected chi connectivity index (χ4v) is 3.34. The second-order valence-electron chi connectivity index (χ2n) is 8.67. The number of anilines is 1.